The molecule has 4 nitrogen and oxygen atoms in total. The zero-order valence-electron chi connectivity index (χ0n) is 12.7. The summed E-state index contributed by atoms with van der Waals surface area (Å²) in [6, 6.07) is 14.2. The first-order chi connectivity index (χ1) is 10.2. The van der Waals surface area contributed by atoms with E-state index >= 15 is 0 Å². The van der Waals surface area contributed by atoms with E-state index in [1.165, 1.54) is 5.39 Å². The number of methoxy groups -OCH3 is 1. The summed E-state index contributed by atoms with van der Waals surface area (Å²) >= 11 is 0. The molecule has 5 heteroatoms. The number of benzene rings is 2. The number of fused-ring (bicyclic) bond motifs is 1. The van der Waals surface area contributed by atoms with Gasteiger partial charge in [0.1, 0.15) is 0 Å². The van der Waals surface area contributed by atoms with Gasteiger partial charge < -0.3 is 15.8 Å². The lowest BCUT2D eigenvalue weighted by Gasteiger charge is -2.18. The zero-order chi connectivity index (χ0) is 15.1. The van der Waals surface area contributed by atoms with E-state index in [0.29, 0.717) is 19.6 Å². The van der Waals surface area contributed by atoms with Gasteiger partial charge in [0.05, 0.1) is 6.04 Å². The van der Waals surface area contributed by atoms with Gasteiger partial charge in [0.15, 0.2) is 0 Å². The van der Waals surface area contributed by atoms with Crippen molar-refractivity contribution in [2.75, 3.05) is 20.3 Å². The van der Waals surface area contributed by atoms with Crippen molar-refractivity contribution in [3.8, 4) is 0 Å². The van der Waals surface area contributed by atoms with E-state index in [4.69, 9.17) is 10.5 Å². The van der Waals surface area contributed by atoms with Crippen molar-refractivity contribution in [3.63, 3.8) is 0 Å². The van der Waals surface area contributed by atoms with E-state index in [1.54, 1.807) is 7.11 Å². The molecular weight excluding hydrogens is 300 g/mol. The minimum absolute atomic E-state index is 0. The highest BCUT2D eigenvalue weighted by Crippen LogP contribution is 2.20. The lowest BCUT2D eigenvalue weighted by atomic mass is 10.0. The molecule has 0 saturated heterocycles. The van der Waals surface area contributed by atoms with Crippen LogP contribution in [0.5, 0.6) is 0 Å². The van der Waals surface area contributed by atoms with Crippen LogP contribution < -0.4 is 11.1 Å². The normalized spacial score (nSPS) is 11.7. The Bertz CT molecular complexity index is 604. The Morgan fingerprint density at radius 2 is 1.95 bits per heavy atom. The van der Waals surface area contributed by atoms with Crippen LogP contribution in [0.3, 0.4) is 0 Å². The summed E-state index contributed by atoms with van der Waals surface area (Å²) < 4.78 is 4.95. The number of carbonyl (C=O) groups is 1. The standard InChI is InChI=1S/C17H22N2O2.ClH/c1-21-10-4-7-17(20)19-16(12-18)15-9-8-13-5-2-3-6-14(13)11-15;/h2-3,5-6,8-9,11,16H,4,7,10,12,18H2,1H3,(H,19,20);1H. The van der Waals surface area contributed by atoms with Crippen molar-refractivity contribution >= 4 is 29.1 Å². The molecule has 2 rings (SSSR count). The van der Waals surface area contributed by atoms with Crippen LogP contribution in [0.15, 0.2) is 42.5 Å². The highest BCUT2D eigenvalue weighted by Gasteiger charge is 2.13. The molecule has 3 N–H and O–H groups in total. The number of nitrogens with two attached hydrogens (primary N) is 1. The molecule has 0 heterocycles. The number of ether oxygens (including phenoxy) is 1. The quantitative estimate of drug-likeness (QED) is 0.770. The van der Waals surface area contributed by atoms with Crippen molar-refractivity contribution in [3.05, 3.63) is 48.0 Å². The Labute approximate surface area is 137 Å². The lowest BCUT2D eigenvalue weighted by Crippen LogP contribution is -2.33. The molecule has 1 atom stereocenters. The molecule has 0 aliphatic heterocycles. The van der Waals surface area contributed by atoms with Crippen molar-refractivity contribution in [2.45, 2.75) is 18.9 Å². The van der Waals surface area contributed by atoms with Crippen LogP contribution in [0, 0.1) is 0 Å². The monoisotopic (exact) mass is 322 g/mol. The van der Waals surface area contributed by atoms with Gasteiger partial charge in [-0.15, -0.1) is 12.4 Å². The van der Waals surface area contributed by atoms with Gasteiger partial charge in [0.25, 0.3) is 0 Å². The van der Waals surface area contributed by atoms with E-state index in [2.05, 4.69) is 29.6 Å². The van der Waals surface area contributed by atoms with Gasteiger partial charge in [-0.25, -0.2) is 0 Å². The second-order valence-corrected chi connectivity index (χ2v) is 5.06. The largest absolute Gasteiger partial charge is 0.385 e. The molecule has 1 unspecified atom stereocenters. The average molecular weight is 323 g/mol. The van der Waals surface area contributed by atoms with Crippen LogP contribution >= 0.6 is 12.4 Å². The second kappa shape index (κ2) is 9.41. The fourth-order valence-electron chi connectivity index (χ4n) is 2.35. The van der Waals surface area contributed by atoms with Gasteiger partial charge in [-0.3, -0.25) is 4.79 Å². The number of carbonyl (C=O) groups excluding carboxylic acids is 1. The summed E-state index contributed by atoms with van der Waals surface area (Å²) in [5.41, 5.74) is 6.85. The Morgan fingerprint density at radius 3 is 2.64 bits per heavy atom. The van der Waals surface area contributed by atoms with Gasteiger partial charge in [0.2, 0.25) is 5.91 Å². The third-order valence-corrected chi connectivity index (χ3v) is 3.50. The number of hydrogen-bond donors (Lipinski definition) is 2. The summed E-state index contributed by atoms with van der Waals surface area (Å²) in [6.45, 7) is 0.977. The maximum absolute atomic E-state index is 11.9. The van der Waals surface area contributed by atoms with Crippen molar-refractivity contribution in [1.29, 1.82) is 0 Å². The first-order valence-corrected chi connectivity index (χ1v) is 7.21. The summed E-state index contributed by atoms with van der Waals surface area (Å²) in [7, 11) is 1.63. The van der Waals surface area contributed by atoms with Crippen LogP contribution in [0.1, 0.15) is 24.4 Å². The predicted octanol–water partition coefficient (Wildman–Crippen LogP) is 2.80. The molecule has 22 heavy (non-hydrogen) atoms. The average Bonchev–Trinajstić information content (AvgIpc) is 2.52. The SMILES string of the molecule is COCCCC(=O)NC(CN)c1ccc2ccccc2c1.Cl. The molecule has 2 aromatic carbocycles. The van der Waals surface area contributed by atoms with E-state index in [9.17, 15) is 4.79 Å². The predicted molar refractivity (Wildman–Crippen MR) is 92.2 cm³/mol. The minimum atomic E-state index is -0.148. The summed E-state index contributed by atoms with van der Waals surface area (Å²) in [5.74, 6) is 0.00987. The fraction of sp³-hybridized carbons (Fsp3) is 0.353. The van der Waals surface area contributed by atoms with Gasteiger partial charge in [0, 0.05) is 26.7 Å². The highest BCUT2D eigenvalue weighted by molar-refractivity contribution is 5.85. The summed E-state index contributed by atoms with van der Waals surface area (Å²) in [4.78, 5) is 11.9. The summed E-state index contributed by atoms with van der Waals surface area (Å²) in [5, 5.41) is 5.33. The first kappa shape index (κ1) is 18.4. The van der Waals surface area contributed by atoms with Crippen LogP contribution in [0.4, 0.5) is 0 Å². The highest BCUT2D eigenvalue weighted by atomic mass is 35.5. The third kappa shape index (κ3) is 4.98. The molecule has 1 amide bonds. The van der Waals surface area contributed by atoms with Crippen LogP contribution in [0.2, 0.25) is 0 Å². The molecule has 0 fully saturated rings. The van der Waals surface area contributed by atoms with Crippen LogP contribution in [-0.2, 0) is 9.53 Å². The zero-order valence-corrected chi connectivity index (χ0v) is 13.6. The summed E-state index contributed by atoms with van der Waals surface area (Å²) in [6.07, 6.45) is 1.18. The molecule has 120 valence electrons. The van der Waals surface area contributed by atoms with E-state index in [-0.39, 0.29) is 24.4 Å². The number of rotatable bonds is 7. The van der Waals surface area contributed by atoms with Crippen molar-refractivity contribution in [2.24, 2.45) is 5.73 Å². The van der Waals surface area contributed by atoms with Gasteiger partial charge in [-0.1, -0.05) is 36.4 Å². The van der Waals surface area contributed by atoms with E-state index in [0.717, 1.165) is 17.4 Å². The lowest BCUT2D eigenvalue weighted by molar-refractivity contribution is -0.122. The van der Waals surface area contributed by atoms with Crippen molar-refractivity contribution in [1.82, 2.24) is 5.32 Å². The molecule has 0 aliphatic rings. The topological polar surface area (TPSA) is 64.3 Å². The molecule has 0 aliphatic carbocycles. The molecular formula is C17H23ClN2O2. The molecule has 0 radical (unpaired) electrons. The number of amides is 1. The maximum Gasteiger partial charge on any atom is 0.220 e. The minimum Gasteiger partial charge on any atom is -0.385 e. The van der Waals surface area contributed by atoms with E-state index in [1.807, 2.05) is 18.2 Å². The Kier molecular flexibility index (Phi) is 7.88. The molecule has 0 bridgehead atoms. The Balaban J connectivity index is 0.00000242. The number of hydrogen-bond acceptors (Lipinski definition) is 3. The van der Waals surface area contributed by atoms with Gasteiger partial charge >= 0.3 is 0 Å². The molecule has 2 aromatic rings. The second-order valence-electron chi connectivity index (χ2n) is 5.06. The molecule has 0 saturated carbocycles. The number of halogens is 1. The van der Waals surface area contributed by atoms with Gasteiger partial charge in [-0.2, -0.15) is 0 Å². The van der Waals surface area contributed by atoms with Crippen LogP contribution in [-0.4, -0.2) is 26.2 Å². The molecule has 0 spiro atoms. The third-order valence-electron chi connectivity index (χ3n) is 3.50. The van der Waals surface area contributed by atoms with E-state index < -0.39 is 0 Å². The first-order valence-electron chi connectivity index (χ1n) is 7.21. The maximum atomic E-state index is 11.9. The van der Waals surface area contributed by atoms with Crippen molar-refractivity contribution < 1.29 is 9.53 Å². The molecule has 0 aromatic heterocycles. The van der Waals surface area contributed by atoms with Crippen LogP contribution in [0.25, 0.3) is 10.8 Å². The Hall–Kier alpha value is -1.62. The Morgan fingerprint density at radius 1 is 1.23 bits per heavy atom. The smallest absolute Gasteiger partial charge is 0.220 e. The van der Waals surface area contributed by atoms with Gasteiger partial charge in [-0.05, 0) is 28.8 Å². The fourth-order valence-corrected chi connectivity index (χ4v) is 2.35. The number of nitrogens with one attached hydrogen (secondary N) is 1.